The standard InChI is InChI=1S/C18H19N3O3/c1-11(2)20-18(24)19-7-8-21-16(22)14-9-12-5-3-4-6-13(12)10-15(14)17(21)23/h3-6,9-11H,7-8H2,1-2H3,(H2,19,20,24). The molecule has 0 aliphatic carbocycles. The minimum Gasteiger partial charge on any atom is -0.336 e. The lowest BCUT2D eigenvalue weighted by Gasteiger charge is -2.15. The van der Waals surface area contributed by atoms with Gasteiger partial charge in [-0.15, -0.1) is 0 Å². The Hall–Kier alpha value is -2.89. The molecule has 6 heteroatoms. The van der Waals surface area contributed by atoms with Gasteiger partial charge in [-0.3, -0.25) is 14.5 Å². The van der Waals surface area contributed by atoms with Crippen LogP contribution in [0, 0.1) is 0 Å². The average molecular weight is 325 g/mol. The summed E-state index contributed by atoms with van der Waals surface area (Å²) in [5.41, 5.74) is 0.843. The first-order chi connectivity index (χ1) is 11.5. The van der Waals surface area contributed by atoms with Crippen molar-refractivity contribution in [1.82, 2.24) is 15.5 Å². The van der Waals surface area contributed by atoms with Crippen molar-refractivity contribution in [3.8, 4) is 0 Å². The number of carbonyl (C=O) groups is 3. The van der Waals surface area contributed by atoms with Crippen LogP contribution in [-0.4, -0.2) is 41.9 Å². The van der Waals surface area contributed by atoms with Crippen molar-refractivity contribution < 1.29 is 14.4 Å². The predicted octanol–water partition coefficient (Wildman–Crippen LogP) is 2.14. The molecule has 0 aromatic heterocycles. The molecule has 4 amide bonds. The minimum absolute atomic E-state index is 0.0248. The summed E-state index contributed by atoms with van der Waals surface area (Å²) < 4.78 is 0. The first-order valence-corrected chi connectivity index (χ1v) is 7.90. The summed E-state index contributed by atoms with van der Waals surface area (Å²) in [5, 5.41) is 7.19. The third-order valence-electron chi connectivity index (χ3n) is 3.88. The molecule has 0 fully saturated rings. The van der Waals surface area contributed by atoms with E-state index in [1.54, 1.807) is 12.1 Å². The number of urea groups is 1. The van der Waals surface area contributed by atoms with Crippen molar-refractivity contribution in [2.75, 3.05) is 13.1 Å². The Bertz CT molecular complexity index is 775. The van der Waals surface area contributed by atoms with Crippen LogP contribution >= 0.6 is 0 Å². The number of fused-ring (bicyclic) bond motifs is 2. The molecule has 1 aliphatic rings. The predicted molar refractivity (Wildman–Crippen MR) is 91.0 cm³/mol. The lowest BCUT2D eigenvalue weighted by atomic mass is 10.0. The fourth-order valence-corrected chi connectivity index (χ4v) is 2.77. The molecule has 3 rings (SSSR count). The molecule has 0 atom stereocenters. The van der Waals surface area contributed by atoms with Gasteiger partial charge < -0.3 is 10.6 Å². The van der Waals surface area contributed by atoms with E-state index in [0.717, 1.165) is 10.8 Å². The van der Waals surface area contributed by atoms with Gasteiger partial charge >= 0.3 is 6.03 Å². The third-order valence-corrected chi connectivity index (χ3v) is 3.88. The summed E-state index contributed by atoms with van der Waals surface area (Å²) in [6, 6.07) is 10.8. The lowest BCUT2D eigenvalue weighted by molar-refractivity contribution is 0.0656. The highest BCUT2D eigenvalue weighted by Crippen LogP contribution is 2.27. The molecule has 0 unspecified atom stereocenters. The van der Waals surface area contributed by atoms with E-state index in [1.807, 2.05) is 38.1 Å². The van der Waals surface area contributed by atoms with E-state index < -0.39 is 0 Å². The molecule has 0 spiro atoms. The SMILES string of the molecule is CC(C)NC(=O)NCCN1C(=O)c2cc3ccccc3cc2C1=O. The molecular formula is C18H19N3O3. The van der Waals surface area contributed by atoms with Crippen LogP contribution < -0.4 is 10.6 Å². The normalized spacial score (nSPS) is 13.5. The van der Waals surface area contributed by atoms with Crippen LogP contribution in [0.25, 0.3) is 10.8 Å². The van der Waals surface area contributed by atoms with Crippen molar-refractivity contribution in [1.29, 1.82) is 0 Å². The van der Waals surface area contributed by atoms with Gasteiger partial charge in [-0.1, -0.05) is 24.3 Å². The summed E-state index contributed by atoms with van der Waals surface area (Å²) >= 11 is 0. The van der Waals surface area contributed by atoms with Crippen LogP contribution in [0.3, 0.4) is 0 Å². The maximum absolute atomic E-state index is 12.5. The number of rotatable bonds is 4. The molecule has 0 bridgehead atoms. The second kappa shape index (κ2) is 6.31. The molecule has 0 saturated heterocycles. The zero-order valence-electron chi connectivity index (χ0n) is 13.6. The lowest BCUT2D eigenvalue weighted by Crippen LogP contribution is -2.43. The van der Waals surface area contributed by atoms with Gasteiger partial charge in [0.1, 0.15) is 0 Å². The van der Waals surface area contributed by atoms with E-state index in [2.05, 4.69) is 10.6 Å². The van der Waals surface area contributed by atoms with Crippen LogP contribution in [0.1, 0.15) is 34.6 Å². The van der Waals surface area contributed by atoms with Crippen molar-refractivity contribution in [2.45, 2.75) is 19.9 Å². The van der Waals surface area contributed by atoms with Crippen LogP contribution in [0.2, 0.25) is 0 Å². The van der Waals surface area contributed by atoms with E-state index in [1.165, 1.54) is 4.90 Å². The quantitative estimate of drug-likeness (QED) is 0.846. The Morgan fingerprint density at radius 2 is 1.58 bits per heavy atom. The number of hydrogen-bond donors (Lipinski definition) is 2. The van der Waals surface area contributed by atoms with Gasteiger partial charge in [-0.25, -0.2) is 4.79 Å². The van der Waals surface area contributed by atoms with Crippen molar-refractivity contribution in [3.05, 3.63) is 47.5 Å². The fourth-order valence-electron chi connectivity index (χ4n) is 2.77. The molecular weight excluding hydrogens is 306 g/mol. The van der Waals surface area contributed by atoms with Gasteiger partial charge in [-0.05, 0) is 36.8 Å². The summed E-state index contributed by atoms with van der Waals surface area (Å²) in [6.45, 7) is 4.07. The molecule has 0 radical (unpaired) electrons. The van der Waals surface area contributed by atoms with E-state index in [9.17, 15) is 14.4 Å². The highest BCUT2D eigenvalue weighted by atomic mass is 16.2. The van der Waals surface area contributed by atoms with Gasteiger partial charge in [0.15, 0.2) is 0 Å². The second-order valence-electron chi connectivity index (χ2n) is 6.06. The summed E-state index contributed by atoms with van der Waals surface area (Å²) in [7, 11) is 0. The Kier molecular flexibility index (Phi) is 4.20. The number of carbonyl (C=O) groups excluding carboxylic acids is 3. The van der Waals surface area contributed by atoms with Crippen molar-refractivity contribution >= 4 is 28.6 Å². The molecule has 24 heavy (non-hydrogen) atoms. The Balaban J connectivity index is 1.73. The summed E-state index contributed by atoms with van der Waals surface area (Å²) in [4.78, 5) is 37.7. The Morgan fingerprint density at radius 3 is 2.08 bits per heavy atom. The zero-order valence-corrected chi connectivity index (χ0v) is 13.6. The molecule has 2 aromatic rings. The van der Waals surface area contributed by atoms with Crippen LogP contribution in [0.5, 0.6) is 0 Å². The van der Waals surface area contributed by atoms with E-state index in [-0.39, 0.29) is 37.0 Å². The minimum atomic E-state index is -0.313. The number of amides is 4. The molecule has 1 aliphatic heterocycles. The smallest absolute Gasteiger partial charge is 0.315 e. The fraction of sp³-hybridized carbons (Fsp3) is 0.278. The maximum atomic E-state index is 12.5. The number of nitrogens with zero attached hydrogens (tertiary/aromatic N) is 1. The summed E-state index contributed by atoms with van der Waals surface area (Å²) in [6.07, 6.45) is 0. The first kappa shape index (κ1) is 16.0. The van der Waals surface area contributed by atoms with Crippen molar-refractivity contribution in [3.63, 3.8) is 0 Å². The van der Waals surface area contributed by atoms with E-state index in [0.29, 0.717) is 11.1 Å². The maximum Gasteiger partial charge on any atom is 0.315 e. The second-order valence-corrected chi connectivity index (χ2v) is 6.06. The number of benzene rings is 2. The van der Waals surface area contributed by atoms with E-state index in [4.69, 9.17) is 0 Å². The van der Waals surface area contributed by atoms with Crippen LogP contribution in [0.4, 0.5) is 4.79 Å². The molecule has 2 aromatic carbocycles. The van der Waals surface area contributed by atoms with Gasteiger partial charge in [0.2, 0.25) is 0 Å². The van der Waals surface area contributed by atoms with Gasteiger partial charge in [0, 0.05) is 19.1 Å². The third kappa shape index (κ3) is 2.95. The molecule has 2 N–H and O–H groups in total. The Labute approximate surface area is 139 Å². The molecule has 6 nitrogen and oxygen atoms in total. The van der Waals surface area contributed by atoms with Gasteiger partial charge in [0.25, 0.3) is 11.8 Å². The average Bonchev–Trinajstić information content (AvgIpc) is 2.77. The van der Waals surface area contributed by atoms with Crippen LogP contribution in [-0.2, 0) is 0 Å². The first-order valence-electron chi connectivity index (χ1n) is 7.90. The summed E-state index contributed by atoms with van der Waals surface area (Å²) in [5.74, 6) is -0.626. The number of imide groups is 1. The molecule has 124 valence electrons. The number of nitrogens with one attached hydrogen (secondary N) is 2. The highest BCUT2D eigenvalue weighted by molar-refractivity contribution is 6.23. The van der Waals surface area contributed by atoms with Gasteiger partial charge in [-0.2, -0.15) is 0 Å². The highest BCUT2D eigenvalue weighted by Gasteiger charge is 2.35. The monoisotopic (exact) mass is 325 g/mol. The Morgan fingerprint density at radius 1 is 1.04 bits per heavy atom. The zero-order chi connectivity index (χ0) is 17.3. The van der Waals surface area contributed by atoms with E-state index >= 15 is 0 Å². The molecule has 1 heterocycles. The van der Waals surface area contributed by atoms with Gasteiger partial charge in [0.05, 0.1) is 11.1 Å². The van der Waals surface area contributed by atoms with Crippen molar-refractivity contribution in [2.24, 2.45) is 0 Å². The topological polar surface area (TPSA) is 78.5 Å². The number of hydrogen-bond acceptors (Lipinski definition) is 3. The molecule has 0 saturated carbocycles. The van der Waals surface area contributed by atoms with Crippen LogP contribution in [0.15, 0.2) is 36.4 Å². The largest absolute Gasteiger partial charge is 0.336 e.